The Labute approximate surface area is 227 Å². The number of carbonyl (C=O) groups excluding carboxylic acids is 2. The minimum absolute atomic E-state index is 0.275. The summed E-state index contributed by atoms with van der Waals surface area (Å²) in [4.78, 5) is 34.3. The number of piperazine rings is 1. The Hall–Kier alpha value is -4.60. The number of nitrogens with one attached hydrogen (secondary N) is 1. The fourth-order valence-electron chi connectivity index (χ4n) is 4.49. The van der Waals surface area contributed by atoms with Crippen LogP contribution < -0.4 is 15.0 Å². The van der Waals surface area contributed by atoms with Crippen LogP contribution in [0.15, 0.2) is 67.0 Å². The number of hydrogen-bond acceptors (Lipinski definition) is 7. The van der Waals surface area contributed by atoms with Crippen LogP contribution in [-0.4, -0.2) is 70.4 Å². The van der Waals surface area contributed by atoms with Crippen LogP contribution >= 0.6 is 0 Å². The van der Waals surface area contributed by atoms with E-state index in [1.807, 2.05) is 69.3 Å². The quantitative estimate of drug-likeness (QED) is 0.400. The number of aromatic nitrogens is 3. The highest BCUT2D eigenvalue weighted by atomic mass is 16.6. The van der Waals surface area contributed by atoms with E-state index in [4.69, 9.17) is 9.47 Å². The molecular weight excluding hydrogens is 496 g/mol. The summed E-state index contributed by atoms with van der Waals surface area (Å²) >= 11 is 0. The molecule has 2 aromatic heterocycles. The van der Waals surface area contributed by atoms with Gasteiger partial charge in [-0.15, -0.1) is 0 Å². The van der Waals surface area contributed by atoms with Gasteiger partial charge < -0.3 is 24.6 Å². The lowest BCUT2D eigenvalue weighted by Crippen LogP contribution is -2.50. The lowest BCUT2D eigenvalue weighted by molar-refractivity contribution is 0.0240. The Morgan fingerprint density at radius 2 is 1.74 bits per heavy atom. The number of amides is 2. The number of nitrogens with zero attached hydrogens (tertiary/aromatic N) is 5. The molecule has 1 saturated heterocycles. The molecule has 1 aliphatic heterocycles. The second-order valence-corrected chi connectivity index (χ2v) is 10.3. The summed E-state index contributed by atoms with van der Waals surface area (Å²) in [6.07, 6.45) is 3.15. The van der Waals surface area contributed by atoms with Crippen molar-refractivity contribution in [2.75, 3.05) is 43.5 Å². The molecule has 1 N–H and O–H groups in total. The third-order valence-corrected chi connectivity index (χ3v) is 6.41. The van der Waals surface area contributed by atoms with E-state index < -0.39 is 5.60 Å². The molecule has 0 spiro atoms. The van der Waals surface area contributed by atoms with E-state index in [1.165, 1.54) is 0 Å². The number of anilines is 2. The monoisotopic (exact) mass is 528 g/mol. The van der Waals surface area contributed by atoms with E-state index in [2.05, 4.69) is 20.3 Å². The van der Waals surface area contributed by atoms with Gasteiger partial charge in [-0.2, -0.15) is 5.10 Å². The maximum absolute atomic E-state index is 13.3. The van der Waals surface area contributed by atoms with Crippen LogP contribution in [0.5, 0.6) is 5.75 Å². The molecule has 3 heterocycles. The predicted octanol–water partition coefficient (Wildman–Crippen LogP) is 4.71. The first-order valence-corrected chi connectivity index (χ1v) is 12.8. The number of carbonyl (C=O) groups is 2. The fourth-order valence-corrected chi connectivity index (χ4v) is 4.49. The molecule has 0 saturated carbocycles. The van der Waals surface area contributed by atoms with Crippen LogP contribution in [0.3, 0.4) is 0 Å². The molecule has 0 radical (unpaired) electrons. The van der Waals surface area contributed by atoms with Crippen molar-refractivity contribution in [3.63, 3.8) is 0 Å². The second-order valence-electron chi connectivity index (χ2n) is 10.3. The Bertz CT molecular complexity index is 1500. The van der Waals surface area contributed by atoms with E-state index in [-0.39, 0.29) is 17.7 Å². The number of ether oxygens (including phenoxy) is 2. The molecule has 0 aliphatic carbocycles. The van der Waals surface area contributed by atoms with Crippen molar-refractivity contribution in [2.45, 2.75) is 26.4 Å². The third kappa shape index (κ3) is 5.79. The molecule has 39 heavy (non-hydrogen) atoms. The SMILES string of the molecule is COc1cccc(-c2cnn3ccc(C(=O)Nc4ccccc4N4CCN(C(=O)OC(C)(C)C)CC4)nc23)c1. The maximum Gasteiger partial charge on any atom is 0.410 e. The summed E-state index contributed by atoms with van der Waals surface area (Å²) in [7, 11) is 1.62. The molecule has 202 valence electrons. The Balaban J connectivity index is 1.32. The molecule has 4 aromatic rings. The normalized spacial score (nSPS) is 13.8. The molecule has 0 bridgehead atoms. The van der Waals surface area contributed by atoms with E-state index in [0.717, 1.165) is 22.6 Å². The van der Waals surface area contributed by atoms with Gasteiger partial charge in [0.25, 0.3) is 5.91 Å². The van der Waals surface area contributed by atoms with Gasteiger partial charge in [0.15, 0.2) is 5.65 Å². The number of rotatable bonds is 5. The number of fused-ring (bicyclic) bond motifs is 1. The van der Waals surface area contributed by atoms with E-state index in [1.54, 1.807) is 35.0 Å². The maximum atomic E-state index is 13.3. The summed E-state index contributed by atoms with van der Waals surface area (Å²) in [6, 6.07) is 16.9. The zero-order valence-electron chi connectivity index (χ0n) is 22.5. The van der Waals surface area contributed by atoms with E-state index in [9.17, 15) is 9.59 Å². The van der Waals surface area contributed by atoms with Gasteiger partial charge in [-0.25, -0.2) is 14.3 Å². The molecule has 5 rings (SSSR count). The molecule has 1 aliphatic rings. The largest absolute Gasteiger partial charge is 0.497 e. The van der Waals surface area contributed by atoms with Crippen molar-refractivity contribution in [2.24, 2.45) is 0 Å². The van der Waals surface area contributed by atoms with Gasteiger partial charge >= 0.3 is 6.09 Å². The van der Waals surface area contributed by atoms with Gasteiger partial charge in [0.1, 0.15) is 17.0 Å². The van der Waals surface area contributed by atoms with Crippen molar-refractivity contribution < 1.29 is 19.1 Å². The van der Waals surface area contributed by atoms with Gasteiger partial charge in [-0.1, -0.05) is 24.3 Å². The highest BCUT2D eigenvalue weighted by molar-refractivity contribution is 6.05. The smallest absolute Gasteiger partial charge is 0.410 e. The number of benzene rings is 2. The average Bonchev–Trinajstić information content (AvgIpc) is 3.36. The van der Waals surface area contributed by atoms with Crippen LogP contribution in [0.25, 0.3) is 16.8 Å². The molecule has 10 nitrogen and oxygen atoms in total. The predicted molar refractivity (Wildman–Crippen MR) is 149 cm³/mol. The van der Waals surface area contributed by atoms with E-state index in [0.29, 0.717) is 37.5 Å². The van der Waals surface area contributed by atoms with Crippen molar-refractivity contribution in [1.29, 1.82) is 0 Å². The lowest BCUT2D eigenvalue weighted by atomic mass is 10.1. The highest BCUT2D eigenvalue weighted by Crippen LogP contribution is 2.29. The Morgan fingerprint density at radius 3 is 2.49 bits per heavy atom. The summed E-state index contributed by atoms with van der Waals surface area (Å²) in [6.45, 7) is 7.89. The zero-order valence-corrected chi connectivity index (χ0v) is 22.5. The van der Waals surface area contributed by atoms with Gasteiger partial charge in [-0.05, 0) is 56.7 Å². The van der Waals surface area contributed by atoms with Gasteiger partial charge in [0, 0.05) is 37.9 Å². The van der Waals surface area contributed by atoms with Crippen molar-refractivity contribution in [3.05, 3.63) is 72.7 Å². The average molecular weight is 529 g/mol. The van der Waals surface area contributed by atoms with Crippen molar-refractivity contribution in [3.8, 4) is 16.9 Å². The summed E-state index contributed by atoms with van der Waals surface area (Å²) in [5.41, 5.74) is 3.57. The Morgan fingerprint density at radius 1 is 0.974 bits per heavy atom. The third-order valence-electron chi connectivity index (χ3n) is 6.41. The first kappa shape index (κ1) is 26.0. The van der Waals surface area contributed by atoms with E-state index >= 15 is 0 Å². The van der Waals surface area contributed by atoms with Crippen LogP contribution in [0.1, 0.15) is 31.3 Å². The molecule has 2 aromatic carbocycles. The molecular formula is C29H32N6O4. The summed E-state index contributed by atoms with van der Waals surface area (Å²) < 4.78 is 12.5. The van der Waals surface area contributed by atoms with Crippen molar-refractivity contribution in [1.82, 2.24) is 19.5 Å². The standard InChI is InChI=1S/C29H32N6O4/c1-29(2,3)39-28(37)34-16-14-33(15-17-34)25-11-6-5-10-23(25)32-27(36)24-12-13-35-26(31-24)22(19-30-35)20-8-7-9-21(18-20)38-4/h5-13,18-19H,14-17H2,1-4H3,(H,32,36). The first-order valence-electron chi connectivity index (χ1n) is 12.8. The Kier molecular flexibility index (Phi) is 7.10. The lowest BCUT2D eigenvalue weighted by Gasteiger charge is -2.37. The number of para-hydroxylation sites is 2. The minimum Gasteiger partial charge on any atom is -0.497 e. The minimum atomic E-state index is -0.534. The number of hydrogen-bond donors (Lipinski definition) is 1. The highest BCUT2D eigenvalue weighted by Gasteiger charge is 2.27. The molecule has 2 amide bonds. The summed E-state index contributed by atoms with van der Waals surface area (Å²) in [5, 5.41) is 7.41. The second kappa shape index (κ2) is 10.6. The summed E-state index contributed by atoms with van der Waals surface area (Å²) in [5.74, 6) is 0.402. The van der Waals surface area contributed by atoms with Crippen LogP contribution in [0.4, 0.5) is 16.2 Å². The topological polar surface area (TPSA) is 101 Å². The van der Waals surface area contributed by atoms with Crippen LogP contribution in [0.2, 0.25) is 0 Å². The number of methoxy groups -OCH3 is 1. The molecule has 0 unspecified atom stereocenters. The first-order chi connectivity index (χ1) is 18.7. The molecule has 10 heteroatoms. The van der Waals surface area contributed by atoms with Crippen LogP contribution in [-0.2, 0) is 4.74 Å². The molecule has 1 fully saturated rings. The van der Waals surface area contributed by atoms with Crippen molar-refractivity contribution >= 4 is 29.0 Å². The van der Waals surface area contributed by atoms with Gasteiger partial charge in [-0.3, -0.25) is 4.79 Å². The molecule has 0 atom stereocenters. The zero-order chi connectivity index (χ0) is 27.6. The van der Waals surface area contributed by atoms with Gasteiger partial charge in [0.05, 0.1) is 24.7 Å². The van der Waals surface area contributed by atoms with Crippen LogP contribution in [0, 0.1) is 0 Å². The fraction of sp³-hybridized carbons (Fsp3) is 0.310. The van der Waals surface area contributed by atoms with Gasteiger partial charge in [0.2, 0.25) is 0 Å².